The Balaban J connectivity index is -0.0000000772. The van der Waals surface area contributed by atoms with Crippen LogP contribution in [0.25, 0.3) is 0 Å². The summed E-state index contributed by atoms with van der Waals surface area (Å²) in [4.78, 5) is 0. The minimum atomic E-state index is 0. The van der Waals surface area contributed by atoms with E-state index >= 15 is 0 Å². The first kappa shape index (κ1) is 35.4. The van der Waals surface area contributed by atoms with Gasteiger partial charge in [-0.25, -0.2) is 0 Å². The molecule has 0 heterocycles. The topological polar surface area (TPSA) is 0 Å². The van der Waals surface area contributed by atoms with Gasteiger partial charge in [0.1, 0.15) is 0 Å². The first-order chi connectivity index (χ1) is 11.2. The maximum atomic E-state index is 3.09. The maximum absolute atomic E-state index is 3.09. The van der Waals surface area contributed by atoms with E-state index in [0.29, 0.717) is 0 Å². The molecule has 0 aromatic heterocycles. The molecule has 0 nitrogen and oxygen atoms in total. The molecule has 0 aromatic carbocycles. The third-order valence-corrected chi connectivity index (χ3v) is 3.24. The van der Waals surface area contributed by atoms with Crippen molar-refractivity contribution < 1.29 is 0 Å². The van der Waals surface area contributed by atoms with E-state index < -0.39 is 0 Å². The maximum Gasteiger partial charge on any atom is 0 e. The zero-order valence-corrected chi connectivity index (χ0v) is 21.5. The van der Waals surface area contributed by atoms with E-state index in [4.69, 9.17) is 0 Å². The van der Waals surface area contributed by atoms with Crippen LogP contribution in [0, 0.1) is 0 Å². The molecule has 0 spiro atoms. The van der Waals surface area contributed by atoms with Gasteiger partial charge >= 0.3 is 0 Å². The van der Waals surface area contributed by atoms with E-state index in [1.807, 2.05) is 13.0 Å². The standard InChI is InChI=1S/C11H20.3C4H10.Sn/c1-3-5-7-9-11-10-8-6-4-2;3*1-3-4-2;/h3,7H,4,6,8-11H2,1-2H3;3*3-4H2,1-2H3;. The predicted octanol–water partition coefficient (Wildman–Crippen LogP) is 9.12. The smallest absolute Gasteiger partial charge is 0 e. The second-order valence-corrected chi connectivity index (χ2v) is 5.86. The van der Waals surface area contributed by atoms with Crippen LogP contribution in [0.15, 0.2) is 17.9 Å². The predicted molar refractivity (Wildman–Crippen MR) is 119 cm³/mol. The Morgan fingerprint density at radius 1 is 0.542 bits per heavy atom. The molecule has 0 saturated carbocycles. The second-order valence-electron chi connectivity index (χ2n) is 5.86. The minimum Gasteiger partial charge on any atom is -0.130 e. The Kier molecular flexibility index (Phi) is 73.1. The molecular formula is C23H50Sn. The van der Waals surface area contributed by atoms with Crippen molar-refractivity contribution >= 4 is 23.9 Å². The Morgan fingerprint density at radius 2 is 0.917 bits per heavy atom. The van der Waals surface area contributed by atoms with Crippen LogP contribution in [-0.2, 0) is 0 Å². The van der Waals surface area contributed by atoms with E-state index in [0.717, 1.165) is 0 Å². The van der Waals surface area contributed by atoms with Crippen LogP contribution in [0.2, 0.25) is 0 Å². The van der Waals surface area contributed by atoms with Crippen LogP contribution in [0.5, 0.6) is 0 Å². The summed E-state index contributed by atoms with van der Waals surface area (Å²) < 4.78 is 0. The molecule has 1 heteroatoms. The normalized spacial score (nSPS) is 7.83. The van der Waals surface area contributed by atoms with Crippen molar-refractivity contribution in [2.75, 3.05) is 0 Å². The van der Waals surface area contributed by atoms with Gasteiger partial charge in [-0.15, -0.1) is 5.73 Å². The molecule has 0 aliphatic heterocycles. The van der Waals surface area contributed by atoms with E-state index in [-0.39, 0.29) is 23.9 Å². The van der Waals surface area contributed by atoms with Crippen LogP contribution < -0.4 is 0 Å². The third-order valence-electron chi connectivity index (χ3n) is 3.24. The fourth-order valence-electron chi connectivity index (χ4n) is 1.05. The molecule has 0 aromatic rings. The average molecular weight is 445 g/mol. The molecule has 0 saturated heterocycles. The van der Waals surface area contributed by atoms with Gasteiger partial charge in [-0.1, -0.05) is 113 Å². The third kappa shape index (κ3) is 79.2. The van der Waals surface area contributed by atoms with E-state index in [9.17, 15) is 0 Å². The van der Waals surface area contributed by atoms with Crippen molar-refractivity contribution in [2.45, 2.75) is 132 Å². The summed E-state index contributed by atoms with van der Waals surface area (Å²) in [6.45, 7) is 17.3. The zero-order valence-electron chi connectivity index (χ0n) is 18.6. The quantitative estimate of drug-likeness (QED) is 0.189. The van der Waals surface area contributed by atoms with Crippen molar-refractivity contribution in [1.82, 2.24) is 0 Å². The molecule has 0 fully saturated rings. The van der Waals surface area contributed by atoms with Crippen molar-refractivity contribution in [1.29, 1.82) is 0 Å². The monoisotopic (exact) mass is 446 g/mol. The first-order valence-electron chi connectivity index (χ1n) is 10.5. The second kappa shape index (κ2) is 49.5. The molecule has 0 unspecified atom stereocenters. The summed E-state index contributed by atoms with van der Waals surface area (Å²) in [5.74, 6) is 0. The number of rotatable bonds is 9. The molecule has 0 rings (SSSR count). The van der Waals surface area contributed by atoms with Crippen LogP contribution in [0.1, 0.15) is 132 Å². The van der Waals surface area contributed by atoms with Gasteiger partial charge in [0.2, 0.25) is 0 Å². The number of hydrogen-bond acceptors (Lipinski definition) is 0. The minimum absolute atomic E-state index is 0. The van der Waals surface area contributed by atoms with Gasteiger partial charge < -0.3 is 0 Å². The molecule has 24 heavy (non-hydrogen) atoms. The van der Waals surface area contributed by atoms with E-state index in [1.165, 1.54) is 77.0 Å². The van der Waals surface area contributed by atoms with Crippen molar-refractivity contribution in [2.24, 2.45) is 0 Å². The Bertz CT molecular complexity index is 175. The Labute approximate surface area is 173 Å². The SMILES string of the molecule is CC=C=CCCCCCCC.CCCC.CCCC.CCCC.[Sn]. The summed E-state index contributed by atoms with van der Waals surface area (Å²) in [6, 6.07) is 0. The average Bonchev–Trinajstić information content (AvgIpc) is 2.61. The molecule has 0 aliphatic rings. The summed E-state index contributed by atoms with van der Waals surface area (Å²) in [5, 5.41) is 0. The molecule has 4 radical (unpaired) electrons. The molecule has 0 aliphatic carbocycles. The van der Waals surface area contributed by atoms with Gasteiger partial charge in [0.25, 0.3) is 0 Å². The van der Waals surface area contributed by atoms with Crippen LogP contribution >= 0.6 is 0 Å². The van der Waals surface area contributed by atoms with Crippen LogP contribution in [0.4, 0.5) is 0 Å². The largest absolute Gasteiger partial charge is 0.130 e. The molecule has 146 valence electrons. The van der Waals surface area contributed by atoms with Gasteiger partial charge in [-0.3, -0.25) is 0 Å². The summed E-state index contributed by atoms with van der Waals surface area (Å²) in [5.41, 5.74) is 3.09. The van der Waals surface area contributed by atoms with Crippen molar-refractivity contribution in [3.05, 3.63) is 17.9 Å². The van der Waals surface area contributed by atoms with Crippen LogP contribution in [0.3, 0.4) is 0 Å². The molecular weight excluding hydrogens is 395 g/mol. The van der Waals surface area contributed by atoms with Crippen molar-refractivity contribution in [3.8, 4) is 0 Å². The summed E-state index contributed by atoms with van der Waals surface area (Å²) in [6.07, 6.45) is 20.1. The molecule has 0 bridgehead atoms. The summed E-state index contributed by atoms with van der Waals surface area (Å²) >= 11 is 0. The van der Waals surface area contributed by atoms with E-state index in [1.54, 1.807) is 0 Å². The number of allylic oxidation sites excluding steroid dienone is 1. The Hall–Kier alpha value is 0.319. The molecule has 0 amide bonds. The number of hydrogen-bond donors (Lipinski definition) is 0. The van der Waals surface area contributed by atoms with Gasteiger partial charge in [-0.05, 0) is 31.9 Å². The Morgan fingerprint density at radius 3 is 1.21 bits per heavy atom. The van der Waals surface area contributed by atoms with Crippen molar-refractivity contribution in [3.63, 3.8) is 0 Å². The van der Waals surface area contributed by atoms with E-state index in [2.05, 4.69) is 60.3 Å². The molecule has 0 N–H and O–H groups in total. The fourth-order valence-corrected chi connectivity index (χ4v) is 1.05. The van der Waals surface area contributed by atoms with Gasteiger partial charge in [0.15, 0.2) is 0 Å². The van der Waals surface area contributed by atoms with Gasteiger partial charge in [-0.2, -0.15) is 0 Å². The first-order valence-corrected chi connectivity index (χ1v) is 10.5. The van der Waals surface area contributed by atoms with Crippen LogP contribution in [-0.4, -0.2) is 23.9 Å². The fraction of sp³-hybridized carbons (Fsp3) is 0.870. The van der Waals surface area contributed by atoms with Gasteiger partial charge in [0, 0.05) is 23.9 Å². The molecule has 0 atom stereocenters. The van der Waals surface area contributed by atoms with Gasteiger partial charge in [0.05, 0.1) is 0 Å². The number of unbranched alkanes of at least 4 members (excludes halogenated alkanes) is 8. The summed E-state index contributed by atoms with van der Waals surface area (Å²) in [7, 11) is 0. The zero-order chi connectivity index (χ0) is 18.6.